The maximum Gasteiger partial charge on any atom is 0.258 e. The largest absolute Gasteiger partial charge is 0.379 e. The molecule has 0 saturated carbocycles. The van der Waals surface area contributed by atoms with Crippen LogP contribution in [-0.4, -0.2) is 60.2 Å². The lowest BCUT2D eigenvalue weighted by atomic mass is 10.1. The predicted octanol–water partition coefficient (Wildman–Crippen LogP) is 2.09. The summed E-state index contributed by atoms with van der Waals surface area (Å²) < 4.78 is 5.33. The van der Waals surface area contributed by atoms with E-state index in [1.165, 1.54) is 0 Å². The van der Waals surface area contributed by atoms with Gasteiger partial charge in [-0.1, -0.05) is 12.1 Å². The molecule has 0 bridgehead atoms. The molecule has 0 atom stereocenters. The zero-order valence-corrected chi connectivity index (χ0v) is 15.3. The molecule has 7 nitrogen and oxygen atoms in total. The van der Waals surface area contributed by atoms with Crippen LogP contribution in [0.5, 0.6) is 0 Å². The Labute approximate surface area is 153 Å². The Morgan fingerprint density at radius 3 is 2.65 bits per heavy atom. The van der Waals surface area contributed by atoms with Crippen molar-refractivity contribution in [3.05, 3.63) is 47.3 Å². The number of nitrogens with zero attached hydrogens (tertiary/aromatic N) is 3. The van der Waals surface area contributed by atoms with Crippen molar-refractivity contribution in [3.63, 3.8) is 0 Å². The van der Waals surface area contributed by atoms with Crippen molar-refractivity contribution < 1.29 is 9.53 Å². The quantitative estimate of drug-likeness (QED) is 0.826. The number of benzene rings is 1. The fourth-order valence-corrected chi connectivity index (χ4v) is 2.77. The van der Waals surface area contributed by atoms with Gasteiger partial charge in [-0.15, -0.1) is 0 Å². The first-order valence-electron chi connectivity index (χ1n) is 8.87. The Bertz CT molecular complexity index is 742. The summed E-state index contributed by atoms with van der Waals surface area (Å²) in [7, 11) is 0. The number of hydrogen-bond acceptors (Lipinski definition) is 6. The topological polar surface area (TPSA) is 79.4 Å². The fraction of sp³-hybridized carbons (Fsp3) is 0.421. The highest BCUT2D eigenvalue weighted by Gasteiger charge is 2.11. The van der Waals surface area contributed by atoms with Gasteiger partial charge in [-0.2, -0.15) is 0 Å². The van der Waals surface area contributed by atoms with Gasteiger partial charge in [-0.25, -0.2) is 9.97 Å². The SMILES string of the molecule is Cc1cccc(NC(=O)c2cnc(NCCN3CCOCC3)nc2)c1C. The fourth-order valence-electron chi connectivity index (χ4n) is 2.77. The van der Waals surface area contributed by atoms with Crippen LogP contribution in [0.4, 0.5) is 11.6 Å². The number of aromatic nitrogens is 2. The summed E-state index contributed by atoms with van der Waals surface area (Å²) in [5, 5.41) is 6.10. The van der Waals surface area contributed by atoms with Gasteiger partial charge in [0.1, 0.15) is 0 Å². The number of ether oxygens (including phenoxy) is 1. The Kier molecular flexibility index (Phi) is 6.14. The molecule has 1 aliphatic rings. The average Bonchev–Trinajstić information content (AvgIpc) is 2.67. The number of carbonyl (C=O) groups is 1. The second-order valence-electron chi connectivity index (χ2n) is 6.38. The van der Waals surface area contributed by atoms with Gasteiger partial charge in [-0.05, 0) is 31.0 Å². The first kappa shape index (κ1) is 18.3. The smallest absolute Gasteiger partial charge is 0.258 e. The van der Waals surface area contributed by atoms with Crippen LogP contribution in [0, 0.1) is 13.8 Å². The molecule has 1 fully saturated rings. The molecule has 0 radical (unpaired) electrons. The lowest BCUT2D eigenvalue weighted by molar-refractivity contribution is 0.0398. The Balaban J connectivity index is 1.51. The van der Waals surface area contributed by atoms with Crippen LogP contribution in [0.15, 0.2) is 30.6 Å². The molecule has 0 aliphatic carbocycles. The zero-order chi connectivity index (χ0) is 18.4. The van der Waals surface area contributed by atoms with Gasteiger partial charge in [0.2, 0.25) is 5.95 Å². The number of morpholine rings is 1. The molecule has 2 N–H and O–H groups in total. The van der Waals surface area contributed by atoms with E-state index in [2.05, 4.69) is 25.5 Å². The van der Waals surface area contributed by atoms with E-state index >= 15 is 0 Å². The molecule has 1 aromatic carbocycles. The number of amides is 1. The second-order valence-corrected chi connectivity index (χ2v) is 6.38. The first-order chi connectivity index (χ1) is 12.6. The van der Waals surface area contributed by atoms with E-state index in [0.29, 0.717) is 11.5 Å². The second kappa shape index (κ2) is 8.73. The zero-order valence-electron chi connectivity index (χ0n) is 15.3. The van der Waals surface area contributed by atoms with Crippen molar-refractivity contribution in [1.82, 2.24) is 14.9 Å². The molecule has 2 aromatic rings. The van der Waals surface area contributed by atoms with Crippen LogP contribution in [0.1, 0.15) is 21.5 Å². The van der Waals surface area contributed by atoms with Gasteiger partial charge in [0, 0.05) is 44.3 Å². The van der Waals surface area contributed by atoms with Crippen LogP contribution in [0.3, 0.4) is 0 Å². The molecular formula is C19H25N5O2. The Morgan fingerprint density at radius 2 is 1.92 bits per heavy atom. The molecule has 0 spiro atoms. The molecular weight excluding hydrogens is 330 g/mol. The van der Waals surface area contributed by atoms with Crippen LogP contribution in [0.2, 0.25) is 0 Å². The number of anilines is 2. The van der Waals surface area contributed by atoms with Gasteiger partial charge < -0.3 is 15.4 Å². The van der Waals surface area contributed by atoms with E-state index in [9.17, 15) is 4.79 Å². The summed E-state index contributed by atoms with van der Waals surface area (Å²) >= 11 is 0. The third kappa shape index (κ3) is 4.77. The van der Waals surface area contributed by atoms with E-state index in [4.69, 9.17) is 4.74 Å². The number of aryl methyl sites for hydroxylation is 1. The summed E-state index contributed by atoms with van der Waals surface area (Å²) in [5.41, 5.74) is 3.44. The van der Waals surface area contributed by atoms with E-state index < -0.39 is 0 Å². The number of hydrogen-bond donors (Lipinski definition) is 2. The molecule has 2 heterocycles. The molecule has 0 unspecified atom stereocenters. The third-order valence-corrected chi connectivity index (χ3v) is 4.58. The monoisotopic (exact) mass is 355 g/mol. The molecule has 1 saturated heterocycles. The van der Waals surface area contributed by atoms with Crippen molar-refractivity contribution >= 4 is 17.5 Å². The van der Waals surface area contributed by atoms with Gasteiger partial charge in [0.15, 0.2) is 0 Å². The van der Waals surface area contributed by atoms with Crippen molar-refractivity contribution in [2.24, 2.45) is 0 Å². The average molecular weight is 355 g/mol. The van der Waals surface area contributed by atoms with E-state index in [-0.39, 0.29) is 5.91 Å². The molecule has 3 rings (SSSR count). The molecule has 7 heteroatoms. The molecule has 1 aliphatic heterocycles. The van der Waals surface area contributed by atoms with Gasteiger partial charge in [0.05, 0.1) is 18.8 Å². The van der Waals surface area contributed by atoms with Crippen LogP contribution in [0.25, 0.3) is 0 Å². The van der Waals surface area contributed by atoms with Gasteiger partial charge in [0.25, 0.3) is 5.91 Å². The highest BCUT2D eigenvalue weighted by atomic mass is 16.5. The number of nitrogens with one attached hydrogen (secondary N) is 2. The minimum atomic E-state index is -0.210. The van der Waals surface area contributed by atoms with Gasteiger partial charge in [-0.3, -0.25) is 9.69 Å². The summed E-state index contributed by atoms with van der Waals surface area (Å²) in [6.45, 7) is 9.19. The Morgan fingerprint density at radius 1 is 1.19 bits per heavy atom. The minimum Gasteiger partial charge on any atom is -0.379 e. The Hall–Kier alpha value is -2.51. The predicted molar refractivity (Wildman–Crippen MR) is 102 cm³/mol. The highest BCUT2D eigenvalue weighted by Crippen LogP contribution is 2.18. The minimum absolute atomic E-state index is 0.210. The summed E-state index contributed by atoms with van der Waals surface area (Å²) in [5.74, 6) is 0.320. The van der Waals surface area contributed by atoms with Crippen molar-refractivity contribution in [2.75, 3.05) is 50.0 Å². The normalized spacial score (nSPS) is 14.8. The first-order valence-corrected chi connectivity index (χ1v) is 8.87. The van der Waals surface area contributed by atoms with Crippen molar-refractivity contribution in [3.8, 4) is 0 Å². The van der Waals surface area contributed by atoms with E-state index in [0.717, 1.165) is 56.2 Å². The molecule has 138 valence electrons. The lowest BCUT2D eigenvalue weighted by Gasteiger charge is -2.26. The van der Waals surface area contributed by atoms with Crippen LogP contribution in [-0.2, 0) is 4.74 Å². The van der Waals surface area contributed by atoms with Crippen molar-refractivity contribution in [2.45, 2.75) is 13.8 Å². The number of carbonyl (C=O) groups excluding carboxylic acids is 1. The summed E-state index contributed by atoms with van der Waals surface area (Å²) in [4.78, 5) is 23.2. The molecule has 26 heavy (non-hydrogen) atoms. The maximum absolute atomic E-state index is 12.4. The lowest BCUT2D eigenvalue weighted by Crippen LogP contribution is -2.39. The van der Waals surface area contributed by atoms with Crippen LogP contribution < -0.4 is 10.6 Å². The third-order valence-electron chi connectivity index (χ3n) is 4.58. The maximum atomic E-state index is 12.4. The van der Waals surface area contributed by atoms with E-state index in [1.807, 2.05) is 32.0 Å². The van der Waals surface area contributed by atoms with E-state index in [1.54, 1.807) is 12.4 Å². The summed E-state index contributed by atoms with van der Waals surface area (Å²) in [6, 6.07) is 5.84. The summed E-state index contributed by atoms with van der Waals surface area (Å²) in [6.07, 6.45) is 3.09. The highest BCUT2D eigenvalue weighted by molar-refractivity contribution is 6.04. The standard InChI is InChI=1S/C19H25N5O2/c1-14-4-3-5-17(15(14)2)23-18(25)16-12-21-19(22-13-16)20-6-7-24-8-10-26-11-9-24/h3-5,12-13H,6-11H2,1-2H3,(H,23,25)(H,20,21,22). The number of rotatable bonds is 6. The van der Waals surface area contributed by atoms with Gasteiger partial charge >= 0.3 is 0 Å². The molecule has 1 aromatic heterocycles. The molecule has 1 amide bonds. The van der Waals surface area contributed by atoms with Crippen molar-refractivity contribution in [1.29, 1.82) is 0 Å². The van der Waals surface area contributed by atoms with Crippen LogP contribution >= 0.6 is 0 Å².